The van der Waals surface area contributed by atoms with Crippen molar-refractivity contribution >= 4 is 33.7 Å². The van der Waals surface area contributed by atoms with Crippen molar-refractivity contribution in [2.75, 3.05) is 6.61 Å². The number of nitrogens with zero attached hydrogens (tertiary/aromatic N) is 2. The van der Waals surface area contributed by atoms with Gasteiger partial charge in [-0.05, 0) is 39.0 Å². The van der Waals surface area contributed by atoms with Crippen LogP contribution in [0.5, 0.6) is 11.5 Å². The molecule has 0 aromatic heterocycles. The van der Waals surface area contributed by atoms with Crippen molar-refractivity contribution in [1.29, 1.82) is 0 Å². The van der Waals surface area contributed by atoms with Crippen molar-refractivity contribution < 1.29 is 19.6 Å². The Kier molecular flexibility index (Phi) is 6.74. The van der Waals surface area contributed by atoms with Gasteiger partial charge in [-0.1, -0.05) is 32.9 Å². The number of carbonyl (C=O) groups is 1. The number of benzene rings is 2. The van der Waals surface area contributed by atoms with Gasteiger partial charge in [0.1, 0.15) is 11.5 Å². The van der Waals surface area contributed by atoms with Crippen LogP contribution in [0.3, 0.4) is 0 Å². The van der Waals surface area contributed by atoms with E-state index in [1.165, 1.54) is 6.07 Å². The summed E-state index contributed by atoms with van der Waals surface area (Å²) in [7, 11) is 0. The number of halogens is 1. The van der Waals surface area contributed by atoms with Crippen molar-refractivity contribution in [2.24, 2.45) is 5.10 Å². The average molecular weight is 450 g/mol. The van der Waals surface area contributed by atoms with Crippen LogP contribution in [0.15, 0.2) is 46.0 Å². The first-order chi connectivity index (χ1) is 13.1. The molecule has 1 amide bonds. The fourth-order valence-electron chi connectivity index (χ4n) is 2.22. The standard InChI is InChI=1S/C19H20BrN3O5/c1-19(2,3)13-4-6-15(7-5-13)28-11-17(24)22-21-10-12-8-14(23(26)27)9-16(20)18(12)25/h4-10,25H,11H2,1-3H3,(H,22,24)/b21-10-. The van der Waals surface area contributed by atoms with Gasteiger partial charge in [0.05, 0.1) is 15.6 Å². The van der Waals surface area contributed by atoms with E-state index in [9.17, 15) is 20.0 Å². The minimum absolute atomic E-state index is 0.0255. The lowest BCUT2D eigenvalue weighted by molar-refractivity contribution is -0.385. The first-order valence-electron chi connectivity index (χ1n) is 8.30. The molecule has 0 unspecified atom stereocenters. The van der Waals surface area contributed by atoms with E-state index in [1.807, 2.05) is 12.1 Å². The van der Waals surface area contributed by atoms with E-state index in [2.05, 4.69) is 47.2 Å². The maximum absolute atomic E-state index is 11.8. The summed E-state index contributed by atoms with van der Waals surface area (Å²) in [5.74, 6) is -0.189. The number of hydrogen-bond acceptors (Lipinski definition) is 6. The number of nitrogens with one attached hydrogen (secondary N) is 1. The molecule has 0 radical (unpaired) electrons. The van der Waals surface area contributed by atoms with Crippen LogP contribution in [0.1, 0.15) is 31.9 Å². The quantitative estimate of drug-likeness (QED) is 0.394. The van der Waals surface area contributed by atoms with Crippen LogP contribution >= 0.6 is 15.9 Å². The van der Waals surface area contributed by atoms with Crippen LogP contribution in [0.2, 0.25) is 0 Å². The van der Waals surface area contributed by atoms with Crippen LogP contribution in [0.25, 0.3) is 0 Å². The highest BCUT2D eigenvalue weighted by Crippen LogP contribution is 2.31. The zero-order chi connectivity index (χ0) is 20.9. The molecule has 9 heteroatoms. The molecule has 2 aromatic rings. The zero-order valence-electron chi connectivity index (χ0n) is 15.6. The van der Waals surface area contributed by atoms with Crippen molar-refractivity contribution in [3.63, 3.8) is 0 Å². The number of carbonyl (C=O) groups excluding carboxylic acids is 1. The van der Waals surface area contributed by atoms with Crippen LogP contribution in [0, 0.1) is 10.1 Å². The molecule has 0 heterocycles. The van der Waals surface area contributed by atoms with Gasteiger partial charge in [0.25, 0.3) is 11.6 Å². The van der Waals surface area contributed by atoms with Gasteiger partial charge in [0.2, 0.25) is 0 Å². The number of nitro benzene ring substituents is 1. The van der Waals surface area contributed by atoms with Gasteiger partial charge in [-0.2, -0.15) is 5.10 Å². The Balaban J connectivity index is 1.93. The maximum Gasteiger partial charge on any atom is 0.277 e. The van der Waals surface area contributed by atoms with Gasteiger partial charge < -0.3 is 9.84 Å². The number of rotatable bonds is 6. The topological polar surface area (TPSA) is 114 Å². The number of ether oxygens (including phenoxy) is 1. The lowest BCUT2D eigenvalue weighted by Gasteiger charge is -2.19. The summed E-state index contributed by atoms with van der Waals surface area (Å²) in [6, 6.07) is 9.77. The fourth-order valence-corrected chi connectivity index (χ4v) is 2.68. The van der Waals surface area contributed by atoms with Crippen molar-refractivity contribution in [2.45, 2.75) is 26.2 Å². The Bertz CT molecular complexity index is 905. The molecule has 0 aliphatic heterocycles. The number of phenols is 1. The Morgan fingerprint density at radius 3 is 2.54 bits per heavy atom. The Morgan fingerprint density at radius 2 is 1.96 bits per heavy atom. The van der Waals surface area contributed by atoms with Gasteiger partial charge in [-0.15, -0.1) is 0 Å². The average Bonchev–Trinajstić information content (AvgIpc) is 2.62. The van der Waals surface area contributed by atoms with Crippen LogP contribution in [0.4, 0.5) is 5.69 Å². The minimum atomic E-state index is -0.598. The minimum Gasteiger partial charge on any atom is -0.506 e. The Morgan fingerprint density at radius 1 is 1.32 bits per heavy atom. The number of nitro groups is 1. The molecule has 0 aliphatic carbocycles. The number of phenolic OH excluding ortho intramolecular Hbond substituents is 1. The van der Waals surface area contributed by atoms with E-state index in [-0.39, 0.29) is 33.5 Å². The van der Waals surface area contributed by atoms with E-state index in [0.29, 0.717) is 5.75 Å². The third-order valence-corrected chi connectivity index (χ3v) is 4.38. The van der Waals surface area contributed by atoms with Gasteiger partial charge in [0.15, 0.2) is 6.61 Å². The predicted octanol–water partition coefficient (Wildman–Crippen LogP) is 3.89. The summed E-state index contributed by atoms with van der Waals surface area (Å²) in [4.78, 5) is 22.1. The molecular formula is C19H20BrN3O5. The summed E-state index contributed by atoms with van der Waals surface area (Å²) in [5, 5.41) is 24.5. The van der Waals surface area contributed by atoms with E-state index in [0.717, 1.165) is 17.8 Å². The highest BCUT2D eigenvalue weighted by atomic mass is 79.9. The van der Waals surface area contributed by atoms with Crippen molar-refractivity contribution in [1.82, 2.24) is 5.43 Å². The lowest BCUT2D eigenvalue weighted by atomic mass is 9.87. The summed E-state index contributed by atoms with van der Waals surface area (Å²) in [6.45, 7) is 6.06. The Labute approximate surface area is 170 Å². The molecule has 28 heavy (non-hydrogen) atoms. The van der Waals surface area contributed by atoms with Gasteiger partial charge in [-0.25, -0.2) is 5.43 Å². The fraction of sp³-hybridized carbons (Fsp3) is 0.263. The van der Waals surface area contributed by atoms with E-state index < -0.39 is 10.8 Å². The second kappa shape index (κ2) is 8.83. The molecule has 2 rings (SSSR count). The summed E-state index contributed by atoms with van der Waals surface area (Å²) >= 11 is 3.03. The molecule has 0 saturated carbocycles. The highest BCUT2D eigenvalue weighted by Gasteiger charge is 2.14. The molecule has 2 N–H and O–H groups in total. The van der Waals surface area contributed by atoms with Crippen molar-refractivity contribution in [3.05, 3.63) is 62.1 Å². The molecule has 0 aliphatic rings. The highest BCUT2D eigenvalue weighted by molar-refractivity contribution is 9.10. The van der Waals surface area contributed by atoms with Gasteiger partial charge in [0, 0.05) is 17.7 Å². The van der Waals surface area contributed by atoms with Gasteiger partial charge >= 0.3 is 0 Å². The SMILES string of the molecule is CC(C)(C)c1ccc(OCC(=O)N/N=C\c2cc([N+](=O)[O-])cc(Br)c2O)cc1. The lowest BCUT2D eigenvalue weighted by Crippen LogP contribution is -2.24. The summed E-state index contributed by atoms with van der Waals surface area (Å²) < 4.78 is 5.55. The summed E-state index contributed by atoms with van der Waals surface area (Å²) in [6.07, 6.45) is 1.11. The normalized spacial score (nSPS) is 11.4. The zero-order valence-corrected chi connectivity index (χ0v) is 17.2. The molecule has 0 atom stereocenters. The first kappa shape index (κ1) is 21.4. The van der Waals surface area contributed by atoms with Crippen molar-refractivity contribution in [3.8, 4) is 11.5 Å². The molecular weight excluding hydrogens is 430 g/mol. The first-order valence-corrected chi connectivity index (χ1v) is 9.09. The molecule has 8 nitrogen and oxygen atoms in total. The van der Waals surface area contributed by atoms with E-state index in [4.69, 9.17) is 4.74 Å². The smallest absolute Gasteiger partial charge is 0.277 e. The monoisotopic (exact) mass is 449 g/mol. The second-order valence-electron chi connectivity index (χ2n) is 6.98. The predicted molar refractivity (Wildman–Crippen MR) is 109 cm³/mol. The molecule has 0 bridgehead atoms. The Hall–Kier alpha value is -2.94. The third kappa shape index (κ3) is 5.78. The number of hydrogen-bond donors (Lipinski definition) is 2. The molecule has 148 valence electrons. The number of aromatic hydroxyl groups is 1. The number of amides is 1. The largest absolute Gasteiger partial charge is 0.506 e. The third-order valence-electron chi connectivity index (χ3n) is 3.77. The van der Waals surface area contributed by atoms with Crippen LogP contribution in [-0.2, 0) is 10.2 Å². The molecule has 0 saturated heterocycles. The number of hydrazone groups is 1. The van der Waals surface area contributed by atoms with Crippen LogP contribution < -0.4 is 10.2 Å². The molecule has 2 aromatic carbocycles. The van der Waals surface area contributed by atoms with E-state index >= 15 is 0 Å². The maximum atomic E-state index is 11.8. The van der Waals surface area contributed by atoms with Crippen LogP contribution in [-0.4, -0.2) is 28.8 Å². The van der Waals surface area contributed by atoms with E-state index in [1.54, 1.807) is 12.1 Å². The van der Waals surface area contributed by atoms with Gasteiger partial charge in [-0.3, -0.25) is 14.9 Å². The summed E-state index contributed by atoms with van der Waals surface area (Å²) in [5.41, 5.74) is 3.28. The molecule has 0 fully saturated rings. The number of non-ortho nitro benzene ring substituents is 1. The second-order valence-corrected chi connectivity index (χ2v) is 7.83. The molecule has 0 spiro atoms.